The van der Waals surface area contributed by atoms with Crippen LogP contribution in [0.25, 0.3) is 10.1 Å². The summed E-state index contributed by atoms with van der Waals surface area (Å²) in [6, 6.07) is 8.54. The molecule has 0 aliphatic carbocycles. The average Bonchev–Trinajstić information content (AvgIpc) is 2.89. The fourth-order valence-corrected chi connectivity index (χ4v) is 3.54. The molecule has 21 heavy (non-hydrogen) atoms. The fourth-order valence-electron chi connectivity index (χ4n) is 2.24. The van der Waals surface area contributed by atoms with Gasteiger partial charge in [0, 0.05) is 22.0 Å². The summed E-state index contributed by atoms with van der Waals surface area (Å²) in [6.45, 7) is 0. The minimum Gasteiger partial charge on any atom is -0.271 e. The van der Waals surface area contributed by atoms with Crippen LogP contribution in [0.5, 0.6) is 0 Å². The fraction of sp³-hybridized carbons (Fsp3) is 0.133. The van der Waals surface area contributed by atoms with Crippen molar-refractivity contribution in [3.8, 4) is 0 Å². The number of thiophene rings is 1. The molecular weight excluding hydrogens is 309 g/mol. The van der Waals surface area contributed by atoms with Gasteiger partial charge in [0.25, 0.3) is 0 Å². The van der Waals surface area contributed by atoms with Crippen molar-refractivity contribution >= 4 is 33.0 Å². The van der Waals surface area contributed by atoms with Gasteiger partial charge in [0.2, 0.25) is 0 Å². The standard InChI is InChI=1S/C15H13ClFN3S/c16-12-8-19-4-3-9(12)6-13(20-18)15-7-10-5-11(17)1-2-14(10)21-15/h1-5,7-8,13,20H,6,18H2. The van der Waals surface area contributed by atoms with Crippen LogP contribution in [0.3, 0.4) is 0 Å². The van der Waals surface area contributed by atoms with Crippen molar-refractivity contribution in [2.75, 3.05) is 0 Å². The lowest BCUT2D eigenvalue weighted by atomic mass is 10.1. The molecule has 0 spiro atoms. The number of benzene rings is 1. The Labute approximate surface area is 130 Å². The molecule has 0 saturated carbocycles. The Kier molecular flexibility index (Phi) is 4.17. The average molecular weight is 322 g/mol. The van der Waals surface area contributed by atoms with Gasteiger partial charge >= 0.3 is 0 Å². The summed E-state index contributed by atoms with van der Waals surface area (Å²) in [5, 5.41) is 1.50. The minimum absolute atomic E-state index is 0.0784. The third kappa shape index (κ3) is 3.06. The van der Waals surface area contributed by atoms with Crippen LogP contribution in [-0.4, -0.2) is 4.98 Å². The number of fused-ring (bicyclic) bond motifs is 1. The number of nitrogens with one attached hydrogen (secondary N) is 1. The van der Waals surface area contributed by atoms with E-state index in [0.717, 1.165) is 20.5 Å². The molecule has 0 saturated heterocycles. The number of aromatic nitrogens is 1. The molecule has 0 radical (unpaired) electrons. The molecule has 1 atom stereocenters. The molecule has 0 bridgehead atoms. The van der Waals surface area contributed by atoms with Crippen molar-refractivity contribution in [2.24, 2.45) is 5.84 Å². The molecule has 3 nitrogen and oxygen atoms in total. The van der Waals surface area contributed by atoms with Gasteiger partial charge < -0.3 is 0 Å². The van der Waals surface area contributed by atoms with Gasteiger partial charge in [-0.3, -0.25) is 16.3 Å². The summed E-state index contributed by atoms with van der Waals surface area (Å²) < 4.78 is 14.3. The Morgan fingerprint density at radius 2 is 2.19 bits per heavy atom. The van der Waals surface area contributed by atoms with E-state index >= 15 is 0 Å². The first kappa shape index (κ1) is 14.4. The van der Waals surface area contributed by atoms with Crippen LogP contribution in [0.2, 0.25) is 5.02 Å². The summed E-state index contributed by atoms with van der Waals surface area (Å²) in [4.78, 5) is 5.02. The zero-order valence-electron chi connectivity index (χ0n) is 11.0. The van der Waals surface area contributed by atoms with Crippen LogP contribution in [0, 0.1) is 5.82 Å². The second kappa shape index (κ2) is 6.07. The van der Waals surface area contributed by atoms with E-state index in [2.05, 4.69) is 10.4 Å². The lowest BCUT2D eigenvalue weighted by molar-refractivity contribution is 0.560. The summed E-state index contributed by atoms with van der Waals surface area (Å²) in [7, 11) is 0. The van der Waals surface area contributed by atoms with Gasteiger partial charge in [-0.05, 0) is 47.7 Å². The van der Waals surface area contributed by atoms with Gasteiger partial charge in [-0.1, -0.05) is 11.6 Å². The molecule has 3 aromatic rings. The number of pyridine rings is 1. The van der Waals surface area contributed by atoms with E-state index in [1.54, 1.807) is 29.8 Å². The van der Waals surface area contributed by atoms with Crippen molar-refractivity contribution in [1.82, 2.24) is 10.4 Å². The zero-order valence-corrected chi connectivity index (χ0v) is 12.6. The molecule has 2 aromatic heterocycles. The van der Waals surface area contributed by atoms with Crippen molar-refractivity contribution < 1.29 is 4.39 Å². The smallest absolute Gasteiger partial charge is 0.123 e. The quantitative estimate of drug-likeness (QED) is 0.567. The monoisotopic (exact) mass is 321 g/mol. The van der Waals surface area contributed by atoms with Crippen molar-refractivity contribution in [3.05, 3.63) is 64.0 Å². The molecule has 3 rings (SSSR count). The Morgan fingerprint density at radius 1 is 1.33 bits per heavy atom. The zero-order chi connectivity index (χ0) is 14.8. The number of hydrazine groups is 1. The second-order valence-electron chi connectivity index (χ2n) is 4.72. The first-order valence-electron chi connectivity index (χ1n) is 6.41. The molecule has 0 amide bonds. The highest BCUT2D eigenvalue weighted by Gasteiger charge is 2.15. The second-order valence-corrected chi connectivity index (χ2v) is 6.24. The lowest BCUT2D eigenvalue weighted by Crippen LogP contribution is -2.29. The van der Waals surface area contributed by atoms with Crippen LogP contribution < -0.4 is 11.3 Å². The van der Waals surface area contributed by atoms with E-state index < -0.39 is 0 Å². The van der Waals surface area contributed by atoms with E-state index in [9.17, 15) is 4.39 Å². The Balaban J connectivity index is 1.93. The Bertz CT molecular complexity index is 774. The third-order valence-electron chi connectivity index (χ3n) is 3.32. The summed E-state index contributed by atoms with van der Waals surface area (Å²) >= 11 is 7.73. The Hall–Kier alpha value is -1.53. The van der Waals surface area contributed by atoms with Crippen LogP contribution in [0.15, 0.2) is 42.7 Å². The number of hydrogen-bond acceptors (Lipinski definition) is 4. The van der Waals surface area contributed by atoms with Crippen LogP contribution >= 0.6 is 22.9 Å². The molecule has 1 unspecified atom stereocenters. The predicted octanol–water partition coefficient (Wildman–Crippen LogP) is 3.84. The number of nitrogens with two attached hydrogens (primary N) is 1. The molecule has 0 fully saturated rings. The van der Waals surface area contributed by atoms with Gasteiger partial charge in [0.05, 0.1) is 11.1 Å². The van der Waals surface area contributed by atoms with Crippen molar-refractivity contribution in [2.45, 2.75) is 12.5 Å². The molecular formula is C15H13ClFN3S. The van der Waals surface area contributed by atoms with Gasteiger partial charge in [0.15, 0.2) is 0 Å². The summed E-state index contributed by atoms with van der Waals surface area (Å²) in [5.41, 5.74) is 3.78. The highest BCUT2D eigenvalue weighted by atomic mass is 35.5. The van der Waals surface area contributed by atoms with Gasteiger partial charge in [0.1, 0.15) is 5.82 Å². The van der Waals surface area contributed by atoms with E-state index in [1.165, 1.54) is 12.1 Å². The molecule has 108 valence electrons. The number of halogens is 2. The lowest BCUT2D eigenvalue weighted by Gasteiger charge is -2.14. The maximum atomic E-state index is 13.3. The molecule has 1 aromatic carbocycles. The highest BCUT2D eigenvalue weighted by Crippen LogP contribution is 2.32. The predicted molar refractivity (Wildman–Crippen MR) is 84.8 cm³/mol. The SMILES string of the molecule is NNC(Cc1ccncc1Cl)c1cc2cc(F)ccc2s1. The first-order valence-corrected chi connectivity index (χ1v) is 7.60. The third-order valence-corrected chi connectivity index (χ3v) is 4.89. The maximum absolute atomic E-state index is 13.3. The van der Waals surface area contributed by atoms with Crippen molar-refractivity contribution in [1.29, 1.82) is 0 Å². The van der Waals surface area contributed by atoms with E-state index in [4.69, 9.17) is 17.4 Å². The number of hydrogen-bond donors (Lipinski definition) is 2. The van der Waals surface area contributed by atoms with Crippen LogP contribution in [0.1, 0.15) is 16.5 Å². The molecule has 0 aliphatic rings. The first-order chi connectivity index (χ1) is 10.2. The van der Waals surface area contributed by atoms with Crippen molar-refractivity contribution in [3.63, 3.8) is 0 Å². The largest absolute Gasteiger partial charge is 0.271 e. The van der Waals surface area contributed by atoms with Gasteiger partial charge in [-0.2, -0.15) is 0 Å². The summed E-state index contributed by atoms with van der Waals surface area (Å²) in [5.74, 6) is 5.44. The minimum atomic E-state index is -0.235. The number of nitrogens with zero attached hydrogens (tertiary/aromatic N) is 1. The molecule has 6 heteroatoms. The van der Waals surface area contributed by atoms with Gasteiger partial charge in [-0.25, -0.2) is 4.39 Å². The Morgan fingerprint density at radius 3 is 2.95 bits per heavy atom. The van der Waals surface area contributed by atoms with E-state index in [1.807, 2.05) is 12.1 Å². The molecule has 2 heterocycles. The van der Waals surface area contributed by atoms with Gasteiger partial charge in [-0.15, -0.1) is 11.3 Å². The molecule has 0 aliphatic heterocycles. The van der Waals surface area contributed by atoms with E-state index in [-0.39, 0.29) is 11.9 Å². The highest BCUT2D eigenvalue weighted by molar-refractivity contribution is 7.19. The van der Waals surface area contributed by atoms with E-state index in [0.29, 0.717) is 11.4 Å². The van der Waals surface area contributed by atoms with Crippen LogP contribution in [0.4, 0.5) is 4.39 Å². The number of rotatable bonds is 4. The summed E-state index contributed by atoms with van der Waals surface area (Å²) in [6.07, 6.45) is 3.97. The normalized spacial score (nSPS) is 12.7. The maximum Gasteiger partial charge on any atom is 0.123 e. The molecule has 3 N–H and O–H groups in total. The van der Waals surface area contributed by atoms with Crippen LogP contribution in [-0.2, 0) is 6.42 Å². The topological polar surface area (TPSA) is 50.9 Å².